The molecule has 0 saturated heterocycles. The number of hydrogen-bond donors (Lipinski definition) is 2. The quantitative estimate of drug-likeness (QED) is 0.663. The Hall–Kier alpha value is -2.47. The van der Waals surface area contributed by atoms with E-state index in [9.17, 15) is 15.2 Å². The molecule has 26 heavy (non-hydrogen) atoms. The summed E-state index contributed by atoms with van der Waals surface area (Å²) in [6, 6.07) is 7.66. The number of thiophene rings is 1. The highest BCUT2D eigenvalue weighted by atomic mass is 32.1. The van der Waals surface area contributed by atoms with Crippen LogP contribution in [0.2, 0.25) is 0 Å². The van der Waals surface area contributed by atoms with Gasteiger partial charge in [-0.2, -0.15) is 5.26 Å². The number of aromatic carboxylic acids is 1. The fourth-order valence-electron chi connectivity index (χ4n) is 2.55. The number of benzene rings is 1. The second-order valence-corrected chi connectivity index (χ2v) is 7.90. The molecular weight excluding hydrogens is 372 g/mol. The third-order valence-electron chi connectivity index (χ3n) is 3.53. The molecule has 0 unspecified atom stereocenters. The van der Waals surface area contributed by atoms with Gasteiger partial charge in [0.05, 0.1) is 26.9 Å². The zero-order valence-electron chi connectivity index (χ0n) is 14.1. The van der Waals surface area contributed by atoms with E-state index in [2.05, 4.69) is 11.1 Å². The third-order valence-corrected chi connectivity index (χ3v) is 5.97. The number of thiazole rings is 1. The average molecular weight is 388 g/mol. The van der Waals surface area contributed by atoms with Crippen LogP contribution >= 0.6 is 22.7 Å². The van der Waals surface area contributed by atoms with E-state index in [1.54, 1.807) is 6.07 Å². The number of fused-ring (bicyclic) bond motifs is 1. The molecule has 8 heteroatoms. The van der Waals surface area contributed by atoms with Crippen molar-refractivity contribution in [2.45, 2.75) is 26.4 Å². The van der Waals surface area contributed by atoms with Gasteiger partial charge in [-0.3, -0.25) is 0 Å². The van der Waals surface area contributed by atoms with E-state index in [0.29, 0.717) is 22.0 Å². The smallest absolute Gasteiger partial charge is 0.347 e. The first-order valence-electron chi connectivity index (χ1n) is 7.91. The van der Waals surface area contributed by atoms with Crippen molar-refractivity contribution < 1.29 is 19.7 Å². The van der Waals surface area contributed by atoms with Gasteiger partial charge in [0.1, 0.15) is 21.7 Å². The lowest BCUT2D eigenvalue weighted by molar-refractivity contribution is 0.0700. The number of aliphatic hydroxyl groups excluding tert-OH is 1. The number of aromatic nitrogens is 1. The van der Waals surface area contributed by atoms with Crippen molar-refractivity contribution in [2.24, 2.45) is 0 Å². The molecule has 1 aromatic carbocycles. The lowest BCUT2D eigenvalue weighted by Gasteiger charge is -2.09. The normalized spacial score (nSPS) is 11.0. The Kier molecular flexibility index (Phi) is 5.23. The Bertz CT molecular complexity index is 1010. The van der Waals surface area contributed by atoms with E-state index < -0.39 is 5.97 Å². The summed E-state index contributed by atoms with van der Waals surface area (Å²) in [6.07, 6.45) is 0.189. The molecular formula is C18H16N2O4S2. The average Bonchev–Trinajstić information content (AvgIpc) is 3.17. The van der Waals surface area contributed by atoms with Crippen LogP contribution in [-0.4, -0.2) is 33.9 Å². The molecule has 3 rings (SSSR count). The monoisotopic (exact) mass is 388 g/mol. The highest BCUT2D eigenvalue weighted by Crippen LogP contribution is 2.40. The van der Waals surface area contributed by atoms with Crippen molar-refractivity contribution in [3.63, 3.8) is 0 Å². The van der Waals surface area contributed by atoms with Crippen molar-refractivity contribution in [2.75, 3.05) is 6.61 Å². The first-order valence-corrected chi connectivity index (χ1v) is 9.54. The van der Waals surface area contributed by atoms with Gasteiger partial charge in [0.2, 0.25) is 0 Å². The predicted octanol–water partition coefficient (Wildman–Crippen LogP) is 3.92. The van der Waals surface area contributed by atoms with Crippen LogP contribution in [0.5, 0.6) is 5.75 Å². The Morgan fingerprint density at radius 3 is 2.73 bits per heavy atom. The van der Waals surface area contributed by atoms with Gasteiger partial charge in [-0.25, -0.2) is 9.78 Å². The van der Waals surface area contributed by atoms with E-state index in [1.807, 2.05) is 26.0 Å². The molecule has 6 nitrogen and oxygen atoms in total. The summed E-state index contributed by atoms with van der Waals surface area (Å²) in [6.45, 7) is 3.67. The van der Waals surface area contributed by atoms with Crippen LogP contribution in [0.3, 0.4) is 0 Å². The number of carbonyl (C=O) groups is 1. The molecule has 0 radical (unpaired) electrons. The summed E-state index contributed by atoms with van der Waals surface area (Å²) < 4.78 is 6.52. The zero-order valence-corrected chi connectivity index (χ0v) is 15.8. The van der Waals surface area contributed by atoms with Gasteiger partial charge in [0.15, 0.2) is 0 Å². The summed E-state index contributed by atoms with van der Waals surface area (Å²) >= 11 is 2.47. The Morgan fingerprint density at radius 1 is 1.35 bits per heavy atom. The number of nitrogens with zero attached hydrogens (tertiary/aromatic N) is 2. The molecule has 0 bridgehead atoms. The van der Waals surface area contributed by atoms with Crippen LogP contribution < -0.4 is 4.74 Å². The SMILES string of the molecule is CC(C)Oc1cc(C#N)c2sc(-c3nc(CCO)c(C(=O)O)s3)cc2c1. The van der Waals surface area contributed by atoms with Crippen molar-refractivity contribution >= 4 is 38.7 Å². The number of rotatable bonds is 6. The van der Waals surface area contributed by atoms with Crippen LogP contribution in [0, 0.1) is 11.3 Å². The van der Waals surface area contributed by atoms with E-state index in [0.717, 1.165) is 26.3 Å². The van der Waals surface area contributed by atoms with Gasteiger partial charge in [0, 0.05) is 13.0 Å². The topological polar surface area (TPSA) is 103 Å². The van der Waals surface area contributed by atoms with Crippen molar-refractivity contribution in [3.8, 4) is 21.7 Å². The fourth-order valence-corrected chi connectivity index (χ4v) is 4.65. The minimum absolute atomic E-state index is 0.00442. The second-order valence-electron chi connectivity index (χ2n) is 5.85. The standard InChI is InChI=1S/C18H16N2O4S2/c1-9(2)24-12-5-10-7-14(25-15(10)11(6-12)8-19)17-20-13(3-4-21)16(26-17)18(22)23/h5-7,9,21H,3-4H2,1-2H3,(H,22,23). The van der Waals surface area contributed by atoms with Crippen molar-refractivity contribution in [1.82, 2.24) is 4.98 Å². The van der Waals surface area contributed by atoms with Gasteiger partial charge < -0.3 is 14.9 Å². The zero-order chi connectivity index (χ0) is 18.8. The summed E-state index contributed by atoms with van der Waals surface area (Å²) in [5.74, 6) is -0.427. The molecule has 0 fully saturated rings. The highest BCUT2D eigenvalue weighted by Gasteiger charge is 2.20. The minimum Gasteiger partial charge on any atom is -0.491 e. The lowest BCUT2D eigenvalue weighted by Crippen LogP contribution is -2.05. The largest absolute Gasteiger partial charge is 0.491 e. The molecule has 2 N–H and O–H groups in total. The molecule has 134 valence electrons. The molecule has 0 atom stereocenters. The van der Waals surface area contributed by atoms with E-state index in [-0.39, 0.29) is 24.0 Å². The second kappa shape index (κ2) is 7.41. The summed E-state index contributed by atoms with van der Waals surface area (Å²) in [5.41, 5.74) is 0.891. The maximum atomic E-state index is 11.4. The molecule has 2 heterocycles. The van der Waals surface area contributed by atoms with E-state index in [4.69, 9.17) is 9.84 Å². The molecule has 3 aromatic rings. The fraction of sp³-hybridized carbons (Fsp3) is 0.278. The third kappa shape index (κ3) is 3.55. The molecule has 0 aliphatic carbocycles. The van der Waals surface area contributed by atoms with Gasteiger partial charge in [-0.15, -0.1) is 22.7 Å². The van der Waals surface area contributed by atoms with Crippen LogP contribution in [0.25, 0.3) is 20.0 Å². The van der Waals surface area contributed by atoms with Gasteiger partial charge in [-0.1, -0.05) is 0 Å². The summed E-state index contributed by atoms with van der Waals surface area (Å²) in [7, 11) is 0. The predicted molar refractivity (Wildman–Crippen MR) is 101 cm³/mol. The highest BCUT2D eigenvalue weighted by molar-refractivity contribution is 7.26. The number of hydrogen-bond acceptors (Lipinski definition) is 7. The number of ether oxygens (including phenoxy) is 1. The van der Waals surface area contributed by atoms with Crippen LogP contribution in [-0.2, 0) is 6.42 Å². The summed E-state index contributed by atoms with van der Waals surface area (Å²) in [4.78, 5) is 16.7. The minimum atomic E-state index is -1.05. The molecule has 0 saturated carbocycles. The number of nitriles is 1. The van der Waals surface area contributed by atoms with Crippen LogP contribution in [0.15, 0.2) is 18.2 Å². The molecule has 0 aliphatic heterocycles. The van der Waals surface area contributed by atoms with Crippen molar-refractivity contribution in [1.29, 1.82) is 5.26 Å². The Balaban J connectivity index is 2.11. The molecule has 2 aromatic heterocycles. The van der Waals surface area contributed by atoms with E-state index >= 15 is 0 Å². The molecule has 0 aliphatic rings. The number of aliphatic hydroxyl groups is 1. The lowest BCUT2D eigenvalue weighted by atomic mass is 10.1. The van der Waals surface area contributed by atoms with Crippen LogP contribution in [0.4, 0.5) is 0 Å². The molecule has 0 spiro atoms. The Labute approximate surface area is 157 Å². The maximum Gasteiger partial charge on any atom is 0.347 e. The van der Waals surface area contributed by atoms with Gasteiger partial charge >= 0.3 is 5.97 Å². The molecule has 0 amide bonds. The first-order chi connectivity index (χ1) is 12.4. The van der Waals surface area contributed by atoms with Gasteiger partial charge in [-0.05, 0) is 37.4 Å². The maximum absolute atomic E-state index is 11.4. The van der Waals surface area contributed by atoms with E-state index in [1.165, 1.54) is 11.3 Å². The van der Waals surface area contributed by atoms with Crippen LogP contribution in [0.1, 0.15) is 34.8 Å². The number of carboxylic acid groups (broad SMARTS) is 1. The number of carboxylic acids is 1. The van der Waals surface area contributed by atoms with Gasteiger partial charge in [0.25, 0.3) is 0 Å². The van der Waals surface area contributed by atoms with Crippen molar-refractivity contribution in [3.05, 3.63) is 34.3 Å². The first kappa shape index (κ1) is 18.3. The summed E-state index contributed by atoms with van der Waals surface area (Å²) in [5, 5.41) is 29.3. The Morgan fingerprint density at radius 2 is 2.12 bits per heavy atom.